The Morgan fingerprint density at radius 2 is 2.12 bits per heavy atom. The van der Waals surface area contributed by atoms with Crippen LogP contribution in [0.5, 0.6) is 0 Å². The van der Waals surface area contributed by atoms with E-state index in [4.69, 9.17) is 10.8 Å². The van der Waals surface area contributed by atoms with Crippen LogP contribution in [0.2, 0.25) is 0 Å². The molecule has 0 radical (unpaired) electrons. The molecule has 0 aromatic carbocycles. The Morgan fingerprint density at radius 3 is 2.75 bits per heavy atom. The molecule has 1 heterocycles. The number of rotatable bonds is 7. The molecular weight excluding hydrogens is 208 g/mol. The molecule has 88 valence electrons. The van der Waals surface area contributed by atoms with Crippen LogP contribution in [0.1, 0.15) is 19.3 Å². The first-order chi connectivity index (χ1) is 7.70. The number of hydrogen-bond donors (Lipinski definition) is 3. The standard InChI is InChI=1S/C10H16N4O2/c11-8(9(15)16)4-1-2-5-12-10-13-6-3-7-14-10/h3,6-8H,1-2,4-5,11H2,(H,15,16)(H,12,13,14)/t8-/m0/s1. The number of nitrogens with one attached hydrogen (secondary N) is 1. The van der Waals surface area contributed by atoms with Crippen molar-refractivity contribution in [3.63, 3.8) is 0 Å². The highest BCUT2D eigenvalue weighted by atomic mass is 16.4. The minimum Gasteiger partial charge on any atom is -0.480 e. The quantitative estimate of drug-likeness (QED) is 0.582. The Kier molecular flexibility index (Phi) is 5.21. The van der Waals surface area contributed by atoms with Crippen molar-refractivity contribution in [1.29, 1.82) is 0 Å². The van der Waals surface area contributed by atoms with Crippen molar-refractivity contribution in [1.82, 2.24) is 9.97 Å². The lowest BCUT2D eigenvalue weighted by Crippen LogP contribution is -2.29. The SMILES string of the molecule is N[C@@H](CCCCNc1ncccn1)C(=O)O. The summed E-state index contributed by atoms with van der Waals surface area (Å²) in [6, 6.07) is 0.991. The van der Waals surface area contributed by atoms with Crippen LogP contribution in [0.3, 0.4) is 0 Å². The van der Waals surface area contributed by atoms with Gasteiger partial charge in [0.2, 0.25) is 5.95 Å². The molecule has 4 N–H and O–H groups in total. The fraction of sp³-hybridized carbons (Fsp3) is 0.500. The van der Waals surface area contributed by atoms with Crippen LogP contribution < -0.4 is 11.1 Å². The Labute approximate surface area is 93.9 Å². The van der Waals surface area contributed by atoms with Gasteiger partial charge in [0.1, 0.15) is 6.04 Å². The van der Waals surface area contributed by atoms with Crippen LogP contribution in [-0.2, 0) is 4.79 Å². The second-order valence-electron chi connectivity index (χ2n) is 3.44. The molecule has 0 amide bonds. The van der Waals surface area contributed by atoms with Gasteiger partial charge < -0.3 is 16.2 Å². The summed E-state index contributed by atoms with van der Waals surface area (Å²) in [5, 5.41) is 11.6. The largest absolute Gasteiger partial charge is 0.480 e. The van der Waals surface area contributed by atoms with E-state index in [0.717, 1.165) is 19.4 Å². The van der Waals surface area contributed by atoms with Crippen LogP contribution in [-0.4, -0.2) is 33.6 Å². The number of unbranched alkanes of at least 4 members (excludes halogenated alkanes) is 1. The van der Waals surface area contributed by atoms with Crippen LogP contribution in [0.4, 0.5) is 5.95 Å². The van der Waals surface area contributed by atoms with Gasteiger partial charge in [0, 0.05) is 18.9 Å². The normalized spacial score (nSPS) is 12.1. The van der Waals surface area contributed by atoms with Crippen molar-refractivity contribution < 1.29 is 9.90 Å². The molecule has 6 heteroatoms. The van der Waals surface area contributed by atoms with Gasteiger partial charge in [-0.1, -0.05) is 0 Å². The summed E-state index contributed by atoms with van der Waals surface area (Å²) in [4.78, 5) is 18.4. The van der Waals surface area contributed by atoms with Crippen molar-refractivity contribution in [2.24, 2.45) is 5.73 Å². The van der Waals surface area contributed by atoms with Crippen LogP contribution in [0.15, 0.2) is 18.5 Å². The van der Waals surface area contributed by atoms with Crippen molar-refractivity contribution in [2.45, 2.75) is 25.3 Å². The minimum absolute atomic E-state index is 0.493. The molecule has 0 fully saturated rings. The summed E-state index contributed by atoms with van der Waals surface area (Å²) in [5.41, 5.74) is 5.37. The number of aromatic nitrogens is 2. The predicted molar refractivity (Wildman–Crippen MR) is 60.0 cm³/mol. The van der Waals surface area contributed by atoms with Crippen molar-refractivity contribution in [2.75, 3.05) is 11.9 Å². The van der Waals surface area contributed by atoms with Gasteiger partial charge in [-0.2, -0.15) is 0 Å². The summed E-state index contributed by atoms with van der Waals surface area (Å²) in [6.07, 6.45) is 5.44. The highest BCUT2D eigenvalue weighted by Crippen LogP contribution is 2.00. The molecule has 1 aromatic rings. The van der Waals surface area contributed by atoms with E-state index in [9.17, 15) is 4.79 Å². The maximum absolute atomic E-state index is 10.4. The number of carbonyl (C=O) groups is 1. The molecule has 0 saturated heterocycles. The fourth-order valence-electron chi connectivity index (χ4n) is 1.20. The van der Waals surface area contributed by atoms with Crippen LogP contribution in [0.25, 0.3) is 0 Å². The van der Waals surface area contributed by atoms with Crippen molar-refractivity contribution >= 4 is 11.9 Å². The monoisotopic (exact) mass is 224 g/mol. The van der Waals surface area contributed by atoms with Crippen molar-refractivity contribution in [3.8, 4) is 0 Å². The van der Waals surface area contributed by atoms with Crippen molar-refractivity contribution in [3.05, 3.63) is 18.5 Å². The zero-order chi connectivity index (χ0) is 11.8. The first kappa shape index (κ1) is 12.4. The molecule has 0 spiro atoms. The summed E-state index contributed by atoms with van der Waals surface area (Å²) < 4.78 is 0. The van der Waals surface area contributed by atoms with Gasteiger partial charge in [0.25, 0.3) is 0 Å². The van der Waals surface area contributed by atoms with Gasteiger partial charge in [0.05, 0.1) is 0 Å². The molecule has 16 heavy (non-hydrogen) atoms. The molecular formula is C10H16N4O2. The Hall–Kier alpha value is -1.69. The van der Waals surface area contributed by atoms with E-state index in [1.165, 1.54) is 0 Å². The number of anilines is 1. The minimum atomic E-state index is -0.945. The Balaban J connectivity index is 2.07. The number of hydrogen-bond acceptors (Lipinski definition) is 5. The van der Waals surface area contributed by atoms with E-state index in [0.29, 0.717) is 12.4 Å². The lowest BCUT2D eigenvalue weighted by atomic mass is 10.1. The molecule has 0 aliphatic heterocycles. The zero-order valence-electron chi connectivity index (χ0n) is 8.97. The average Bonchev–Trinajstić information content (AvgIpc) is 2.29. The summed E-state index contributed by atoms with van der Waals surface area (Å²) in [6.45, 7) is 0.719. The second kappa shape index (κ2) is 6.73. The summed E-state index contributed by atoms with van der Waals surface area (Å²) >= 11 is 0. The molecule has 6 nitrogen and oxygen atoms in total. The molecule has 0 bridgehead atoms. The Bertz CT molecular complexity index is 318. The highest BCUT2D eigenvalue weighted by molar-refractivity contribution is 5.72. The van der Waals surface area contributed by atoms with Gasteiger partial charge in [-0.3, -0.25) is 4.79 Å². The summed E-state index contributed by atoms with van der Waals surface area (Å²) in [7, 11) is 0. The number of nitrogens with zero attached hydrogens (tertiary/aromatic N) is 2. The lowest BCUT2D eigenvalue weighted by Gasteiger charge is -2.06. The van der Waals surface area contributed by atoms with E-state index in [1.54, 1.807) is 18.5 Å². The number of carboxylic acid groups (broad SMARTS) is 1. The Morgan fingerprint density at radius 1 is 1.44 bits per heavy atom. The van der Waals surface area contributed by atoms with E-state index in [2.05, 4.69) is 15.3 Å². The smallest absolute Gasteiger partial charge is 0.320 e. The second-order valence-corrected chi connectivity index (χ2v) is 3.44. The van der Waals surface area contributed by atoms with E-state index < -0.39 is 12.0 Å². The first-order valence-corrected chi connectivity index (χ1v) is 5.19. The predicted octanol–water partition coefficient (Wildman–Crippen LogP) is 0.471. The van der Waals surface area contributed by atoms with E-state index in [1.807, 2.05) is 0 Å². The third-order valence-corrected chi connectivity index (χ3v) is 2.11. The molecule has 1 atom stereocenters. The number of aliphatic carboxylic acids is 1. The van der Waals surface area contributed by atoms with E-state index >= 15 is 0 Å². The van der Waals surface area contributed by atoms with Gasteiger partial charge in [-0.15, -0.1) is 0 Å². The third-order valence-electron chi connectivity index (χ3n) is 2.11. The molecule has 0 saturated carbocycles. The maximum Gasteiger partial charge on any atom is 0.320 e. The van der Waals surface area contributed by atoms with Crippen LogP contribution >= 0.6 is 0 Å². The number of nitrogens with two attached hydrogens (primary N) is 1. The first-order valence-electron chi connectivity index (χ1n) is 5.19. The van der Waals surface area contributed by atoms with Gasteiger partial charge >= 0.3 is 5.97 Å². The molecule has 1 aromatic heterocycles. The van der Waals surface area contributed by atoms with Gasteiger partial charge in [0.15, 0.2) is 0 Å². The highest BCUT2D eigenvalue weighted by Gasteiger charge is 2.09. The third kappa shape index (κ3) is 4.70. The zero-order valence-corrected chi connectivity index (χ0v) is 8.97. The molecule has 0 unspecified atom stereocenters. The maximum atomic E-state index is 10.4. The topological polar surface area (TPSA) is 101 Å². The molecule has 0 aliphatic carbocycles. The fourth-order valence-corrected chi connectivity index (χ4v) is 1.20. The molecule has 0 aliphatic rings. The molecule has 1 rings (SSSR count). The average molecular weight is 224 g/mol. The van der Waals surface area contributed by atoms with Crippen LogP contribution in [0, 0.1) is 0 Å². The van der Waals surface area contributed by atoms with Gasteiger partial charge in [-0.25, -0.2) is 9.97 Å². The van der Waals surface area contributed by atoms with Gasteiger partial charge in [-0.05, 0) is 25.3 Å². The number of carboxylic acids is 1. The summed E-state index contributed by atoms with van der Waals surface area (Å²) in [5.74, 6) is -0.357. The lowest BCUT2D eigenvalue weighted by molar-refractivity contribution is -0.138. The van der Waals surface area contributed by atoms with E-state index in [-0.39, 0.29) is 0 Å².